The molecule has 1 aromatic rings. The van der Waals surface area contributed by atoms with Crippen molar-refractivity contribution in [2.45, 2.75) is 26.3 Å². The number of primary amides is 1. The SMILES string of the molecule is CC(C)C(C)(CN)NC(=O)c1cccc(NC(N)=O)c1. The number of carbonyl (C=O) groups is 2. The molecule has 0 fully saturated rings. The first kappa shape index (κ1) is 16.0. The van der Waals surface area contributed by atoms with Gasteiger partial charge in [0, 0.05) is 17.8 Å². The molecule has 1 unspecified atom stereocenters. The highest BCUT2D eigenvalue weighted by Crippen LogP contribution is 2.17. The normalized spacial score (nSPS) is 13.7. The van der Waals surface area contributed by atoms with Crippen LogP contribution in [0.5, 0.6) is 0 Å². The Hall–Kier alpha value is -2.08. The molecule has 1 atom stereocenters. The van der Waals surface area contributed by atoms with Crippen molar-refractivity contribution >= 4 is 17.6 Å². The molecule has 0 saturated heterocycles. The van der Waals surface area contributed by atoms with Crippen LogP contribution >= 0.6 is 0 Å². The highest BCUT2D eigenvalue weighted by atomic mass is 16.2. The van der Waals surface area contributed by atoms with Gasteiger partial charge in [-0.2, -0.15) is 0 Å². The molecule has 6 N–H and O–H groups in total. The Bertz CT molecular complexity index is 502. The average molecular weight is 278 g/mol. The zero-order valence-corrected chi connectivity index (χ0v) is 12.1. The third-order valence-corrected chi connectivity index (χ3v) is 3.49. The summed E-state index contributed by atoms with van der Waals surface area (Å²) in [5.74, 6) is -0.0388. The molecule has 0 aromatic heterocycles. The fourth-order valence-corrected chi connectivity index (χ4v) is 1.64. The van der Waals surface area contributed by atoms with Crippen LogP contribution in [0.15, 0.2) is 24.3 Å². The summed E-state index contributed by atoms with van der Waals surface area (Å²) in [6, 6.07) is 5.90. The van der Waals surface area contributed by atoms with E-state index in [4.69, 9.17) is 11.5 Å². The number of hydrogen-bond acceptors (Lipinski definition) is 3. The highest BCUT2D eigenvalue weighted by molar-refractivity contribution is 5.97. The summed E-state index contributed by atoms with van der Waals surface area (Å²) in [6.45, 7) is 6.24. The molecule has 110 valence electrons. The summed E-state index contributed by atoms with van der Waals surface area (Å²) in [5.41, 5.74) is 11.2. The number of benzene rings is 1. The number of hydrogen-bond donors (Lipinski definition) is 4. The third kappa shape index (κ3) is 3.96. The van der Waals surface area contributed by atoms with Crippen LogP contribution in [0.1, 0.15) is 31.1 Å². The molecule has 3 amide bonds. The fourth-order valence-electron chi connectivity index (χ4n) is 1.64. The van der Waals surface area contributed by atoms with E-state index in [1.165, 1.54) is 0 Å². The summed E-state index contributed by atoms with van der Waals surface area (Å²) < 4.78 is 0. The Morgan fingerprint density at radius 1 is 1.35 bits per heavy atom. The molecule has 0 saturated carbocycles. The monoisotopic (exact) mass is 278 g/mol. The molecule has 0 aliphatic heterocycles. The molecule has 6 nitrogen and oxygen atoms in total. The van der Waals surface area contributed by atoms with E-state index in [1.807, 2.05) is 20.8 Å². The lowest BCUT2D eigenvalue weighted by molar-refractivity contribution is 0.0883. The second-order valence-corrected chi connectivity index (χ2v) is 5.30. The number of nitrogens with two attached hydrogens (primary N) is 2. The van der Waals surface area contributed by atoms with Crippen LogP contribution < -0.4 is 22.1 Å². The molecule has 0 heterocycles. The van der Waals surface area contributed by atoms with Gasteiger partial charge in [0.1, 0.15) is 0 Å². The van der Waals surface area contributed by atoms with Crippen LogP contribution in [0.3, 0.4) is 0 Å². The second kappa shape index (κ2) is 6.38. The maximum Gasteiger partial charge on any atom is 0.316 e. The van der Waals surface area contributed by atoms with Crippen LogP contribution in [0.25, 0.3) is 0 Å². The molecular formula is C14H22N4O2. The van der Waals surface area contributed by atoms with Crippen molar-refractivity contribution < 1.29 is 9.59 Å². The summed E-state index contributed by atoms with van der Waals surface area (Å²) in [6.07, 6.45) is 0. The Labute approximate surface area is 118 Å². The minimum atomic E-state index is -0.670. The van der Waals surface area contributed by atoms with Crippen molar-refractivity contribution in [1.29, 1.82) is 0 Å². The largest absolute Gasteiger partial charge is 0.351 e. The van der Waals surface area contributed by atoms with Crippen LogP contribution in [0.4, 0.5) is 10.5 Å². The Morgan fingerprint density at radius 3 is 2.50 bits per heavy atom. The predicted octanol–water partition coefficient (Wildman–Crippen LogP) is 1.28. The number of anilines is 1. The van der Waals surface area contributed by atoms with E-state index in [0.29, 0.717) is 17.8 Å². The molecule has 0 aliphatic rings. The van der Waals surface area contributed by atoms with E-state index in [9.17, 15) is 9.59 Å². The van der Waals surface area contributed by atoms with E-state index < -0.39 is 11.6 Å². The number of amides is 3. The summed E-state index contributed by atoms with van der Waals surface area (Å²) >= 11 is 0. The van der Waals surface area contributed by atoms with Gasteiger partial charge in [0.15, 0.2) is 0 Å². The second-order valence-electron chi connectivity index (χ2n) is 5.30. The fraction of sp³-hybridized carbons (Fsp3) is 0.429. The quantitative estimate of drug-likeness (QED) is 0.651. The van der Waals surface area contributed by atoms with Gasteiger partial charge < -0.3 is 22.1 Å². The number of nitrogens with one attached hydrogen (secondary N) is 2. The molecule has 0 spiro atoms. The standard InChI is InChI=1S/C14H22N4O2/c1-9(2)14(3,8-15)18-12(19)10-5-4-6-11(7-10)17-13(16)20/h4-7,9H,8,15H2,1-3H3,(H,18,19)(H3,16,17,20). The number of carbonyl (C=O) groups excluding carboxylic acids is 2. The van der Waals surface area contributed by atoms with Gasteiger partial charge in [-0.15, -0.1) is 0 Å². The maximum atomic E-state index is 12.3. The van der Waals surface area contributed by atoms with Crippen molar-refractivity contribution in [3.05, 3.63) is 29.8 Å². The van der Waals surface area contributed by atoms with Gasteiger partial charge in [-0.1, -0.05) is 19.9 Å². The lowest BCUT2D eigenvalue weighted by Gasteiger charge is -2.33. The van der Waals surface area contributed by atoms with Crippen molar-refractivity contribution in [2.75, 3.05) is 11.9 Å². The maximum absolute atomic E-state index is 12.3. The Balaban J connectivity index is 2.90. The lowest BCUT2D eigenvalue weighted by Crippen LogP contribution is -2.55. The van der Waals surface area contributed by atoms with Crippen molar-refractivity contribution in [2.24, 2.45) is 17.4 Å². The van der Waals surface area contributed by atoms with Gasteiger partial charge >= 0.3 is 6.03 Å². The summed E-state index contributed by atoms with van der Waals surface area (Å²) in [7, 11) is 0. The third-order valence-electron chi connectivity index (χ3n) is 3.49. The van der Waals surface area contributed by atoms with E-state index in [2.05, 4.69) is 10.6 Å². The van der Waals surface area contributed by atoms with Gasteiger partial charge in [0.05, 0.1) is 5.54 Å². The van der Waals surface area contributed by atoms with Crippen LogP contribution in [-0.4, -0.2) is 24.0 Å². The van der Waals surface area contributed by atoms with Crippen LogP contribution in [0, 0.1) is 5.92 Å². The Morgan fingerprint density at radius 2 is 2.00 bits per heavy atom. The summed E-state index contributed by atoms with van der Waals surface area (Å²) in [5, 5.41) is 5.37. The highest BCUT2D eigenvalue weighted by Gasteiger charge is 2.28. The topological polar surface area (TPSA) is 110 Å². The van der Waals surface area contributed by atoms with Crippen LogP contribution in [0.2, 0.25) is 0 Å². The molecule has 6 heteroatoms. The van der Waals surface area contributed by atoms with Gasteiger partial charge in [-0.25, -0.2) is 4.79 Å². The molecule has 1 aromatic carbocycles. The molecule has 0 radical (unpaired) electrons. The number of urea groups is 1. The van der Waals surface area contributed by atoms with E-state index in [0.717, 1.165) is 0 Å². The Kier molecular flexibility index (Phi) is 5.10. The van der Waals surface area contributed by atoms with Crippen LogP contribution in [-0.2, 0) is 0 Å². The van der Waals surface area contributed by atoms with E-state index in [1.54, 1.807) is 24.3 Å². The molecule has 1 rings (SSSR count). The van der Waals surface area contributed by atoms with Crippen molar-refractivity contribution in [3.8, 4) is 0 Å². The van der Waals surface area contributed by atoms with Gasteiger partial charge in [0.25, 0.3) is 5.91 Å². The average Bonchev–Trinajstić information content (AvgIpc) is 2.37. The predicted molar refractivity (Wildman–Crippen MR) is 79.4 cm³/mol. The van der Waals surface area contributed by atoms with Gasteiger partial charge in [-0.05, 0) is 31.0 Å². The van der Waals surface area contributed by atoms with Gasteiger partial charge in [0.2, 0.25) is 0 Å². The number of rotatable bonds is 5. The molecule has 0 bridgehead atoms. The van der Waals surface area contributed by atoms with E-state index >= 15 is 0 Å². The zero-order valence-electron chi connectivity index (χ0n) is 12.1. The van der Waals surface area contributed by atoms with Crippen molar-refractivity contribution in [1.82, 2.24) is 5.32 Å². The first-order valence-electron chi connectivity index (χ1n) is 6.47. The van der Waals surface area contributed by atoms with Crippen molar-refractivity contribution in [3.63, 3.8) is 0 Å². The minimum Gasteiger partial charge on any atom is -0.351 e. The smallest absolute Gasteiger partial charge is 0.316 e. The first-order valence-corrected chi connectivity index (χ1v) is 6.47. The summed E-state index contributed by atoms with van der Waals surface area (Å²) in [4.78, 5) is 23.1. The van der Waals surface area contributed by atoms with Gasteiger partial charge in [-0.3, -0.25) is 4.79 Å². The molecular weight excluding hydrogens is 256 g/mol. The molecule has 0 aliphatic carbocycles. The zero-order chi connectivity index (χ0) is 15.3. The lowest BCUT2D eigenvalue weighted by atomic mass is 9.88. The van der Waals surface area contributed by atoms with E-state index in [-0.39, 0.29) is 11.8 Å². The first-order chi connectivity index (χ1) is 9.28. The minimum absolute atomic E-state index is 0.198. The molecule has 20 heavy (non-hydrogen) atoms.